The van der Waals surface area contributed by atoms with E-state index in [4.69, 9.17) is 4.74 Å². The molecule has 0 fully saturated rings. The van der Waals surface area contributed by atoms with Crippen LogP contribution in [0.2, 0.25) is 0 Å². The van der Waals surface area contributed by atoms with Gasteiger partial charge in [-0.1, -0.05) is 53.3 Å². The number of fused-ring (bicyclic) bond motifs is 2. The summed E-state index contributed by atoms with van der Waals surface area (Å²) >= 11 is 1.60. The first-order chi connectivity index (χ1) is 15.7. The molecule has 0 amide bonds. The third-order valence-corrected chi connectivity index (χ3v) is 6.44. The van der Waals surface area contributed by atoms with Crippen LogP contribution in [0.1, 0.15) is 16.8 Å². The van der Waals surface area contributed by atoms with Crippen LogP contribution in [0.25, 0.3) is 21.1 Å². The standard InChI is InChI=1S/C26H24N4OS/c1-18-12-13-24-21(16-18)22(17-27-29-26-28-23-10-6-7-11-25(23)32-26)19(2)30(24)14-15-31-20-8-4-3-5-9-20/h3-13,16-17H,14-15H2,1-2H3,(H,28,29)/b27-17-. The van der Waals surface area contributed by atoms with E-state index >= 15 is 0 Å². The molecule has 0 atom stereocenters. The maximum Gasteiger partial charge on any atom is 0.204 e. The van der Waals surface area contributed by atoms with Crippen LogP contribution < -0.4 is 10.2 Å². The number of nitrogens with one attached hydrogen (secondary N) is 1. The molecular weight excluding hydrogens is 416 g/mol. The lowest BCUT2D eigenvalue weighted by molar-refractivity contribution is 0.299. The van der Waals surface area contributed by atoms with Gasteiger partial charge in [-0.05, 0) is 50.2 Å². The van der Waals surface area contributed by atoms with E-state index < -0.39 is 0 Å². The van der Waals surface area contributed by atoms with Crippen LogP contribution in [0, 0.1) is 13.8 Å². The topological polar surface area (TPSA) is 51.4 Å². The predicted molar refractivity (Wildman–Crippen MR) is 134 cm³/mol. The van der Waals surface area contributed by atoms with Gasteiger partial charge in [0.2, 0.25) is 5.13 Å². The molecule has 5 nitrogen and oxygen atoms in total. The molecule has 0 saturated heterocycles. The minimum atomic E-state index is 0.600. The average Bonchev–Trinajstić information content (AvgIpc) is 3.33. The zero-order chi connectivity index (χ0) is 21.9. The Morgan fingerprint density at radius 3 is 2.69 bits per heavy atom. The number of para-hydroxylation sites is 2. The Balaban J connectivity index is 1.39. The molecule has 0 aliphatic heterocycles. The maximum atomic E-state index is 5.94. The van der Waals surface area contributed by atoms with Crippen molar-refractivity contribution in [2.75, 3.05) is 12.0 Å². The molecule has 0 radical (unpaired) electrons. The molecular formula is C26H24N4OS. The summed E-state index contributed by atoms with van der Waals surface area (Å²) in [6.07, 6.45) is 1.90. The lowest BCUT2D eigenvalue weighted by Crippen LogP contribution is -2.09. The van der Waals surface area contributed by atoms with Gasteiger partial charge in [-0.15, -0.1) is 0 Å². The summed E-state index contributed by atoms with van der Waals surface area (Å²) in [5.41, 5.74) is 8.77. The number of hydrazone groups is 1. The number of hydrogen-bond donors (Lipinski definition) is 1. The summed E-state index contributed by atoms with van der Waals surface area (Å²) in [5.74, 6) is 0.888. The second kappa shape index (κ2) is 8.85. The Morgan fingerprint density at radius 1 is 1.03 bits per heavy atom. The molecule has 0 bridgehead atoms. The summed E-state index contributed by atoms with van der Waals surface area (Å²) in [6, 6.07) is 24.6. The Bertz CT molecular complexity index is 1370. The first kappa shape index (κ1) is 20.3. The van der Waals surface area contributed by atoms with E-state index in [1.165, 1.54) is 16.5 Å². The number of aryl methyl sites for hydroxylation is 1. The van der Waals surface area contributed by atoms with Gasteiger partial charge in [-0.3, -0.25) is 5.43 Å². The number of hydrogen-bond acceptors (Lipinski definition) is 5. The second-order valence-corrected chi connectivity index (χ2v) is 8.72. The molecule has 6 heteroatoms. The molecule has 32 heavy (non-hydrogen) atoms. The van der Waals surface area contributed by atoms with Crippen LogP contribution >= 0.6 is 11.3 Å². The number of nitrogens with zero attached hydrogens (tertiary/aromatic N) is 3. The fourth-order valence-electron chi connectivity index (χ4n) is 3.92. The summed E-state index contributed by atoms with van der Waals surface area (Å²) in [5, 5.41) is 6.50. The molecule has 0 unspecified atom stereocenters. The van der Waals surface area contributed by atoms with Crippen molar-refractivity contribution in [3.8, 4) is 5.75 Å². The van der Waals surface area contributed by atoms with Gasteiger partial charge in [0.15, 0.2) is 0 Å². The fraction of sp³-hybridized carbons (Fsp3) is 0.154. The summed E-state index contributed by atoms with van der Waals surface area (Å²) in [7, 11) is 0. The van der Waals surface area contributed by atoms with Gasteiger partial charge < -0.3 is 9.30 Å². The van der Waals surface area contributed by atoms with Crippen molar-refractivity contribution in [1.82, 2.24) is 9.55 Å². The van der Waals surface area contributed by atoms with Gasteiger partial charge >= 0.3 is 0 Å². The largest absolute Gasteiger partial charge is 0.492 e. The molecule has 2 heterocycles. The molecule has 0 saturated carbocycles. The van der Waals surface area contributed by atoms with E-state index in [-0.39, 0.29) is 0 Å². The Hall–Kier alpha value is -3.64. The van der Waals surface area contributed by atoms with Crippen LogP contribution in [0.3, 0.4) is 0 Å². The first-order valence-electron chi connectivity index (χ1n) is 10.6. The van der Waals surface area contributed by atoms with Crippen LogP contribution in [0.4, 0.5) is 5.13 Å². The van der Waals surface area contributed by atoms with Crippen LogP contribution in [-0.2, 0) is 6.54 Å². The van der Waals surface area contributed by atoms with Gasteiger partial charge in [0, 0.05) is 22.2 Å². The van der Waals surface area contributed by atoms with Crippen molar-refractivity contribution >= 4 is 43.8 Å². The molecule has 5 rings (SSSR count). The molecule has 0 aliphatic rings. The third-order valence-electron chi connectivity index (χ3n) is 5.50. The van der Waals surface area contributed by atoms with E-state index in [2.05, 4.69) is 58.2 Å². The van der Waals surface area contributed by atoms with E-state index in [0.717, 1.165) is 38.9 Å². The quantitative estimate of drug-likeness (QED) is 0.236. The van der Waals surface area contributed by atoms with Gasteiger partial charge in [-0.2, -0.15) is 5.10 Å². The SMILES string of the molecule is Cc1ccc2c(c1)c(/C=N\Nc1nc3ccccc3s1)c(C)n2CCOc1ccccc1. The fourth-order valence-corrected chi connectivity index (χ4v) is 4.73. The number of ether oxygens (including phenoxy) is 1. The number of thiazole rings is 1. The van der Waals surface area contributed by atoms with E-state index in [9.17, 15) is 0 Å². The van der Waals surface area contributed by atoms with Gasteiger partial charge in [-0.25, -0.2) is 4.98 Å². The van der Waals surface area contributed by atoms with Gasteiger partial charge in [0.25, 0.3) is 0 Å². The Labute approximate surface area is 191 Å². The average molecular weight is 441 g/mol. The minimum absolute atomic E-state index is 0.600. The molecule has 1 N–H and O–H groups in total. The molecule has 3 aromatic carbocycles. The highest BCUT2D eigenvalue weighted by Gasteiger charge is 2.13. The number of anilines is 1. The van der Waals surface area contributed by atoms with Crippen LogP contribution in [-0.4, -0.2) is 22.4 Å². The highest BCUT2D eigenvalue weighted by molar-refractivity contribution is 7.22. The normalized spacial score (nSPS) is 11.6. The van der Waals surface area contributed by atoms with E-state index in [0.29, 0.717) is 6.61 Å². The monoisotopic (exact) mass is 440 g/mol. The van der Waals surface area contributed by atoms with Crippen molar-refractivity contribution in [2.24, 2.45) is 5.10 Å². The molecule has 2 aromatic heterocycles. The van der Waals surface area contributed by atoms with Crippen molar-refractivity contribution < 1.29 is 4.74 Å². The lowest BCUT2D eigenvalue weighted by atomic mass is 10.1. The van der Waals surface area contributed by atoms with Crippen molar-refractivity contribution in [2.45, 2.75) is 20.4 Å². The van der Waals surface area contributed by atoms with Crippen molar-refractivity contribution in [3.05, 3.63) is 89.6 Å². The van der Waals surface area contributed by atoms with Gasteiger partial charge in [0.05, 0.1) is 23.0 Å². The second-order valence-electron chi connectivity index (χ2n) is 7.69. The smallest absolute Gasteiger partial charge is 0.204 e. The highest BCUT2D eigenvalue weighted by Crippen LogP contribution is 2.27. The lowest BCUT2D eigenvalue weighted by Gasteiger charge is -2.10. The molecule has 160 valence electrons. The first-order valence-corrected chi connectivity index (χ1v) is 11.4. The highest BCUT2D eigenvalue weighted by atomic mass is 32.1. The van der Waals surface area contributed by atoms with Gasteiger partial charge in [0.1, 0.15) is 12.4 Å². The third kappa shape index (κ3) is 4.09. The van der Waals surface area contributed by atoms with Crippen LogP contribution in [0.5, 0.6) is 5.75 Å². The minimum Gasteiger partial charge on any atom is -0.492 e. The van der Waals surface area contributed by atoms with E-state index in [1.54, 1.807) is 11.3 Å². The predicted octanol–water partition coefficient (Wildman–Crippen LogP) is 6.39. The van der Waals surface area contributed by atoms with Crippen LogP contribution in [0.15, 0.2) is 77.9 Å². The number of benzene rings is 3. The zero-order valence-electron chi connectivity index (χ0n) is 18.1. The Kier molecular flexibility index (Phi) is 5.60. The molecule has 0 aliphatic carbocycles. The summed E-state index contributed by atoms with van der Waals surface area (Å²) < 4.78 is 9.39. The van der Waals surface area contributed by atoms with Crippen molar-refractivity contribution in [3.63, 3.8) is 0 Å². The maximum absolute atomic E-state index is 5.94. The molecule has 0 spiro atoms. The number of aromatic nitrogens is 2. The zero-order valence-corrected chi connectivity index (χ0v) is 18.9. The number of rotatable bonds is 7. The van der Waals surface area contributed by atoms with E-state index in [1.807, 2.05) is 54.7 Å². The van der Waals surface area contributed by atoms with Crippen molar-refractivity contribution in [1.29, 1.82) is 0 Å². The summed E-state index contributed by atoms with van der Waals surface area (Å²) in [6.45, 7) is 5.62. The Morgan fingerprint density at radius 2 is 1.84 bits per heavy atom. The molecule has 5 aromatic rings. The summed E-state index contributed by atoms with van der Waals surface area (Å²) in [4.78, 5) is 4.59.